The summed E-state index contributed by atoms with van der Waals surface area (Å²) in [6.45, 7) is 9.14. The van der Waals surface area contributed by atoms with Crippen molar-refractivity contribution in [1.82, 2.24) is 10.2 Å². The molecule has 1 saturated heterocycles. The van der Waals surface area contributed by atoms with Gasteiger partial charge in [-0.05, 0) is 38.8 Å². The number of hydrogen-bond acceptors (Lipinski definition) is 5. The normalized spacial score (nSPS) is 20.9. The summed E-state index contributed by atoms with van der Waals surface area (Å²) in [6, 6.07) is 6.77. The molecular formula is C22H29N3O5. The van der Waals surface area contributed by atoms with Gasteiger partial charge < -0.3 is 15.0 Å². The molecule has 1 atom stereocenters. The summed E-state index contributed by atoms with van der Waals surface area (Å²) in [5.41, 5.74) is -1.27. The number of esters is 1. The van der Waals surface area contributed by atoms with Crippen LogP contribution in [-0.2, 0) is 19.1 Å². The van der Waals surface area contributed by atoms with E-state index < -0.39 is 29.7 Å². The Morgan fingerprint density at radius 1 is 1.20 bits per heavy atom. The van der Waals surface area contributed by atoms with Crippen molar-refractivity contribution in [3.63, 3.8) is 0 Å². The largest absolute Gasteiger partial charge is 0.452 e. The molecule has 0 radical (unpaired) electrons. The van der Waals surface area contributed by atoms with Crippen LogP contribution in [0.3, 0.4) is 0 Å². The van der Waals surface area contributed by atoms with E-state index in [0.717, 1.165) is 0 Å². The monoisotopic (exact) mass is 415 g/mol. The minimum atomic E-state index is -1.57. The fourth-order valence-corrected chi connectivity index (χ4v) is 4.07. The van der Waals surface area contributed by atoms with E-state index in [0.29, 0.717) is 11.3 Å². The molecular weight excluding hydrogens is 386 g/mol. The Bertz CT molecular complexity index is 889. The second-order valence-corrected chi connectivity index (χ2v) is 9.25. The fraction of sp³-hybridized carbons (Fsp3) is 0.545. The fourth-order valence-electron chi connectivity index (χ4n) is 4.07. The van der Waals surface area contributed by atoms with E-state index in [1.54, 1.807) is 24.3 Å². The predicted octanol–water partition coefficient (Wildman–Crippen LogP) is 2.08. The van der Waals surface area contributed by atoms with Crippen molar-refractivity contribution >= 4 is 29.4 Å². The number of amides is 3. The first-order valence-electron chi connectivity index (χ1n) is 10.2. The number of carbonyl (C=O) groups excluding carboxylic acids is 4. The van der Waals surface area contributed by atoms with Crippen LogP contribution in [0, 0.1) is 5.92 Å². The van der Waals surface area contributed by atoms with Crippen LogP contribution >= 0.6 is 0 Å². The van der Waals surface area contributed by atoms with Gasteiger partial charge in [-0.2, -0.15) is 0 Å². The highest BCUT2D eigenvalue weighted by molar-refractivity contribution is 6.15. The Kier molecular flexibility index (Phi) is 5.62. The lowest BCUT2D eigenvalue weighted by Crippen LogP contribution is -2.69. The van der Waals surface area contributed by atoms with E-state index in [-0.39, 0.29) is 37.1 Å². The number of benzene rings is 1. The van der Waals surface area contributed by atoms with Gasteiger partial charge in [0.15, 0.2) is 6.61 Å². The predicted molar refractivity (Wildman–Crippen MR) is 111 cm³/mol. The molecule has 0 unspecified atom stereocenters. The van der Waals surface area contributed by atoms with E-state index in [2.05, 4.69) is 5.32 Å². The maximum absolute atomic E-state index is 13.4. The van der Waals surface area contributed by atoms with Crippen molar-refractivity contribution in [3.8, 4) is 0 Å². The average molecular weight is 415 g/mol. The van der Waals surface area contributed by atoms with Crippen molar-refractivity contribution in [2.75, 3.05) is 18.1 Å². The first-order chi connectivity index (χ1) is 14.0. The van der Waals surface area contributed by atoms with E-state index in [1.807, 2.05) is 34.6 Å². The van der Waals surface area contributed by atoms with Gasteiger partial charge in [0.05, 0.1) is 11.3 Å². The Morgan fingerprint density at radius 2 is 1.87 bits per heavy atom. The Labute approximate surface area is 176 Å². The minimum absolute atomic E-state index is 0.0608. The second kappa shape index (κ2) is 7.74. The molecule has 2 heterocycles. The van der Waals surface area contributed by atoms with Crippen molar-refractivity contribution in [2.45, 2.75) is 58.7 Å². The lowest BCUT2D eigenvalue weighted by molar-refractivity contribution is -0.160. The summed E-state index contributed by atoms with van der Waals surface area (Å²) in [5.74, 6) is -1.71. The van der Waals surface area contributed by atoms with Crippen LogP contribution in [0.15, 0.2) is 24.3 Å². The van der Waals surface area contributed by atoms with Crippen LogP contribution in [-0.4, -0.2) is 52.9 Å². The molecule has 2 aliphatic rings. The number of nitrogens with one attached hydrogen (secondary N) is 1. The van der Waals surface area contributed by atoms with E-state index in [4.69, 9.17) is 4.74 Å². The summed E-state index contributed by atoms with van der Waals surface area (Å²) < 4.78 is 5.38. The third kappa shape index (κ3) is 3.78. The Morgan fingerprint density at radius 3 is 2.50 bits per heavy atom. The van der Waals surface area contributed by atoms with Crippen molar-refractivity contribution in [1.29, 1.82) is 0 Å². The van der Waals surface area contributed by atoms with Gasteiger partial charge in [-0.3, -0.25) is 19.3 Å². The molecule has 1 fully saturated rings. The number of nitrogens with zero attached hydrogens (tertiary/aromatic N) is 2. The van der Waals surface area contributed by atoms with Crippen LogP contribution < -0.4 is 10.2 Å². The number of para-hydroxylation sites is 1. The van der Waals surface area contributed by atoms with E-state index >= 15 is 0 Å². The van der Waals surface area contributed by atoms with Crippen molar-refractivity contribution in [3.05, 3.63) is 29.8 Å². The first-order valence-corrected chi connectivity index (χ1v) is 10.2. The Balaban J connectivity index is 1.99. The molecule has 1 aromatic rings. The van der Waals surface area contributed by atoms with Gasteiger partial charge in [-0.25, -0.2) is 4.79 Å². The van der Waals surface area contributed by atoms with Gasteiger partial charge in [0.2, 0.25) is 11.6 Å². The van der Waals surface area contributed by atoms with Crippen molar-refractivity contribution < 1.29 is 23.9 Å². The molecule has 8 heteroatoms. The zero-order chi connectivity index (χ0) is 22.3. The Hall–Kier alpha value is -2.90. The molecule has 30 heavy (non-hydrogen) atoms. The second-order valence-electron chi connectivity index (χ2n) is 9.25. The van der Waals surface area contributed by atoms with Crippen LogP contribution in [0.5, 0.6) is 0 Å². The maximum Gasteiger partial charge on any atom is 0.354 e. The summed E-state index contributed by atoms with van der Waals surface area (Å²) in [4.78, 5) is 54.6. The molecule has 162 valence electrons. The molecule has 1 aromatic carbocycles. The molecule has 0 saturated carbocycles. The molecule has 3 rings (SSSR count). The number of carbonyl (C=O) groups is 4. The maximum atomic E-state index is 13.4. The number of rotatable bonds is 5. The summed E-state index contributed by atoms with van der Waals surface area (Å²) in [7, 11) is 0. The molecule has 0 aromatic heterocycles. The van der Waals surface area contributed by atoms with Gasteiger partial charge in [-0.1, -0.05) is 26.0 Å². The van der Waals surface area contributed by atoms with Crippen LogP contribution in [0.4, 0.5) is 5.69 Å². The van der Waals surface area contributed by atoms with Gasteiger partial charge in [0.25, 0.3) is 11.8 Å². The topological polar surface area (TPSA) is 96.0 Å². The molecule has 0 aliphatic carbocycles. The van der Waals surface area contributed by atoms with Gasteiger partial charge >= 0.3 is 5.97 Å². The number of ether oxygens (including phenoxy) is 1. The molecule has 0 bridgehead atoms. The average Bonchev–Trinajstić information content (AvgIpc) is 3.00. The summed E-state index contributed by atoms with van der Waals surface area (Å²) in [6.07, 6.45) is 0.234. The van der Waals surface area contributed by atoms with Gasteiger partial charge in [-0.15, -0.1) is 0 Å². The van der Waals surface area contributed by atoms with Crippen molar-refractivity contribution in [2.24, 2.45) is 5.92 Å². The van der Waals surface area contributed by atoms with Crippen LogP contribution in [0.25, 0.3) is 0 Å². The standard InChI is InChI=1S/C22H29N3O5/c1-14(2)12-24-19(28)15-8-6-7-9-16(15)25-18(27)10-11-22(24,25)20(29)30-13-17(26)23-21(3,4)5/h6-9,14H,10-13H2,1-5H3,(H,23,26)/t22-/m0/s1. The SMILES string of the molecule is CC(C)CN1C(=O)c2ccccc2N2C(=O)CC[C@]12C(=O)OCC(=O)NC(C)(C)C. The van der Waals surface area contributed by atoms with E-state index in [1.165, 1.54) is 9.80 Å². The van der Waals surface area contributed by atoms with Gasteiger partial charge in [0.1, 0.15) is 0 Å². The third-order valence-corrected chi connectivity index (χ3v) is 5.10. The quantitative estimate of drug-likeness (QED) is 0.743. The number of hydrogen-bond donors (Lipinski definition) is 1. The number of anilines is 1. The first kappa shape index (κ1) is 21.8. The highest BCUT2D eigenvalue weighted by Gasteiger charge is 2.62. The third-order valence-electron chi connectivity index (χ3n) is 5.10. The zero-order valence-electron chi connectivity index (χ0n) is 18.2. The van der Waals surface area contributed by atoms with Crippen LogP contribution in [0.1, 0.15) is 57.8 Å². The zero-order valence-corrected chi connectivity index (χ0v) is 18.2. The van der Waals surface area contributed by atoms with Gasteiger partial charge in [0, 0.05) is 24.9 Å². The molecule has 2 aliphatic heterocycles. The molecule has 3 amide bonds. The molecule has 1 N–H and O–H groups in total. The smallest absolute Gasteiger partial charge is 0.354 e. The minimum Gasteiger partial charge on any atom is -0.452 e. The van der Waals surface area contributed by atoms with E-state index in [9.17, 15) is 19.2 Å². The van der Waals surface area contributed by atoms with Crippen LogP contribution in [0.2, 0.25) is 0 Å². The lowest BCUT2D eigenvalue weighted by Gasteiger charge is -2.48. The lowest BCUT2D eigenvalue weighted by atomic mass is 9.95. The highest BCUT2D eigenvalue weighted by Crippen LogP contribution is 2.45. The molecule has 0 spiro atoms. The highest BCUT2D eigenvalue weighted by atomic mass is 16.5. The molecule has 8 nitrogen and oxygen atoms in total. The number of fused-ring (bicyclic) bond motifs is 3. The summed E-state index contributed by atoms with van der Waals surface area (Å²) in [5, 5.41) is 2.73. The summed E-state index contributed by atoms with van der Waals surface area (Å²) >= 11 is 0.